The number of likely N-dealkylation sites (tertiary alicyclic amines) is 1. The molecule has 0 unspecified atom stereocenters. The first-order valence-corrected chi connectivity index (χ1v) is 12.7. The highest BCUT2D eigenvalue weighted by Gasteiger charge is 2.42. The first kappa shape index (κ1) is 22.8. The molecule has 1 amide bonds. The molecule has 1 atom stereocenters. The van der Waals surface area contributed by atoms with Gasteiger partial charge in [0.25, 0.3) is 5.91 Å². The summed E-state index contributed by atoms with van der Waals surface area (Å²) in [6, 6.07) is 12.3. The van der Waals surface area contributed by atoms with Crippen LogP contribution in [0.3, 0.4) is 0 Å². The van der Waals surface area contributed by atoms with Gasteiger partial charge in [0.05, 0.1) is 19.8 Å². The fraction of sp³-hybridized carbons (Fsp3) is 0.423. The maximum atomic E-state index is 13.6. The quantitative estimate of drug-likeness (QED) is 0.476. The number of ether oxygens (including phenoxy) is 1. The molecule has 2 fully saturated rings. The minimum absolute atomic E-state index is 0.00305. The van der Waals surface area contributed by atoms with Crippen LogP contribution in [-0.4, -0.2) is 58.0 Å². The van der Waals surface area contributed by atoms with Crippen LogP contribution in [0.25, 0.3) is 0 Å². The molecular formula is C26H27BrFN5O2. The summed E-state index contributed by atoms with van der Waals surface area (Å²) in [6.45, 7) is 3.61. The van der Waals surface area contributed by atoms with Crippen LogP contribution in [0.2, 0.25) is 0 Å². The van der Waals surface area contributed by atoms with Crippen molar-refractivity contribution >= 4 is 27.5 Å². The van der Waals surface area contributed by atoms with E-state index in [9.17, 15) is 9.18 Å². The number of rotatable bonds is 6. The van der Waals surface area contributed by atoms with Crippen LogP contribution in [0.1, 0.15) is 39.3 Å². The van der Waals surface area contributed by atoms with E-state index < -0.39 is 6.17 Å². The smallest absolute Gasteiger partial charge is 0.258 e. The predicted octanol–water partition coefficient (Wildman–Crippen LogP) is 3.79. The van der Waals surface area contributed by atoms with Crippen molar-refractivity contribution in [2.45, 2.75) is 37.5 Å². The molecule has 2 saturated heterocycles. The summed E-state index contributed by atoms with van der Waals surface area (Å²) in [5.41, 5.74) is 4.59. The third-order valence-corrected chi connectivity index (χ3v) is 8.20. The lowest BCUT2D eigenvalue weighted by Gasteiger charge is -2.42. The average Bonchev–Trinajstić information content (AvgIpc) is 3.50. The number of aromatic nitrogens is 3. The van der Waals surface area contributed by atoms with E-state index in [1.807, 2.05) is 34.7 Å². The van der Waals surface area contributed by atoms with Crippen molar-refractivity contribution in [3.63, 3.8) is 0 Å². The lowest BCUT2D eigenvalue weighted by atomic mass is 9.75. The Balaban J connectivity index is 1.26. The first-order chi connectivity index (χ1) is 16.9. The number of hydrogen-bond donors (Lipinski definition) is 0. The van der Waals surface area contributed by atoms with E-state index in [4.69, 9.17) is 4.74 Å². The zero-order valence-electron chi connectivity index (χ0n) is 19.6. The van der Waals surface area contributed by atoms with Gasteiger partial charge in [0.1, 0.15) is 18.3 Å². The topological polar surface area (TPSA) is 63.5 Å². The lowest BCUT2D eigenvalue weighted by Crippen LogP contribution is -2.49. The molecule has 182 valence electrons. The van der Waals surface area contributed by atoms with Gasteiger partial charge in [0.15, 0.2) is 0 Å². The number of fused-ring (bicyclic) bond motifs is 1. The number of hydrogen-bond acceptors (Lipinski definition) is 5. The van der Waals surface area contributed by atoms with Crippen molar-refractivity contribution in [3.8, 4) is 0 Å². The van der Waals surface area contributed by atoms with Crippen molar-refractivity contribution in [2.75, 3.05) is 31.2 Å². The van der Waals surface area contributed by atoms with E-state index in [2.05, 4.69) is 49.2 Å². The van der Waals surface area contributed by atoms with Gasteiger partial charge in [-0.3, -0.25) is 9.69 Å². The van der Waals surface area contributed by atoms with Gasteiger partial charge < -0.3 is 14.2 Å². The number of benzene rings is 2. The first-order valence-electron chi connectivity index (χ1n) is 11.9. The van der Waals surface area contributed by atoms with E-state index >= 15 is 0 Å². The normalized spacial score (nSPS) is 21.4. The zero-order valence-corrected chi connectivity index (χ0v) is 21.2. The van der Waals surface area contributed by atoms with Crippen molar-refractivity contribution in [3.05, 3.63) is 75.3 Å². The molecule has 9 heteroatoms. The number of aryl methyl sites for hydroxylation is 1. The average molecular weight is 540 g/mol. The summed E-state index contributed by atoms with van der Waals surface area (Å²) < 4.78 is 22.1. The lowest BCUT2D eigenvalue weighted by molar-refractivity contribution is -0.0611. The molecule has 3 aliphatic rings. The van der Waals surface area contributed by atoms with Gasteiger partial charge in [0.2, 0.25) is 0 Å². The van der Waals surface area contributed by atoms with Crippen molar-refractivity contribution in [1.82, 2.24) is 19.7 Å². The van der Waals surface area contributed by atoms with Gasteiger partial charge in [-0.25, -0.2) is 4.39 Å². The second-order valence-corrected chi connectivity index (χ2v) is 10.8. The summed E-state index contributed by atoms with van der Waals surface area (Å²) in [6.07, 6.45) is 2.27. The predicted molar refractivity (Wildman–Crippen MR) is 133 cm³/mol. The van der Waals surface area contributed by atoms with Crippen LogP contribution in [0.15, 0.2) is 47.2 Å². The second kappa shape index (κ2) is 8.80. The molecule has 0 N–H and O–H groups in total. The Labute approximate surface area is 212 Å². The van der Waals surface area contributed by atoms with Gasteiger partial charge in [-0.2, -0.15) is 0 Å². The Morgan fingerprint density at radius 1 is 1.26 bits per heavy atom. The standard InChI is InChI=1S/C26H27BrFN5O2/c1-31-16-29-30-24(31)10-26(14-35-15-26)18-3-2-4-20(9-18)33-13-22-21(25(33)34)7-17(8-23(22)27)11-32-6-5-19(28)12-32/h2-4,7-9,16,19H,5-6,10-15H2,1H3/t19-/m0/s1. The molecular weight excluding hydrogens is 513 g/mol. The monoisotopic (exact) mass is 539 g/mol. The minimum atomic E-state index is -0.754. The van der Waals surface area contributed by atoms with Crippen LogP contribution in [0, 0.1) is 0 Å². The maximum Gasteiger partial charge on any atom is 0.258 e. The molecule has 1 aromatic heterocycles. The Kier molecular flexibility index (Phi) is 5.74. The fourth-order valence-corrected chi connectivity index (χ4v) is 6.03. The number of alkyl halides is 1. The molecule has 0 bridgehead atoms. The third-order valence-electron chi connectivity index (χ3n) is 7.50. The molecule has 0 spiro atoms. The molecule has 0 aliphatic carbocycles. The number of carbonyl (C=O) groups is 1. The Hall–Kier alpha value is -2.62. The number of halogens is 2. The second-order valence-electron chi connectivity index (χ2n) is 9.97. The van der Waals surface area contributed by atoms with Crippen LogP contribution < -0.4 is 4.90 Å². The van der Waals surface area contributed by atoms with Crippen LogP contribution >= 0.6 is 15.9 Å². The molecule has 0 radical (unpaired) electrons. The highest BCUT2D eigenvalue weighted by Crippen LogP contribution is 2.39. The molecule has 4 heterocycles. The van der Waals surface area contributed by atoms with Gasteiger partial charge in [-0.1, -0.05) is 28.1 Å². The zero-order chi connectivity index (χ0) is 24.2. The number of anilines is 1. The van der Waals surface area contributed by atoms with Crippen LogP contribution in [0.5, 0.6) is 0 Å². The molecule has 35 heavy (non-hydrogen) atoms. The van der Waals surface area contributed by atoms with Crippen LogP contribution in [0.4, 0.5) is 10.1 Å². The Morgan fingerprint density at radius 3 is 2.80 bits per heavy atom. The Morgan fingerprint density at radius 2 is 2.11 bits per heavy atom. The largest absolute Gasteiger partial charge is 0.379 e. The summed E-state index contributed by atoms with van der Waals surface area (Å²) in [5, 5.41) is 8.29. The summed E-state index contributed by atoms with van der Waals surface area (Å²) in [5.74, 6) is 0.911. The number of nitrogens with zero attached hydrogens (tertiary/aromatic N) is 5. The van der Waals surface area contributed by atoms with Gasteiger partial charge in [0, 0.05) is 54.2 Å². The molecule has 7 nitrogen and oxygen atoms in total. The molecule has 3 aromatic rings. The SMILES string of the molecule is Cn1cnnc1CC1(c2cccc(N3Cc4c(Br)cc(CN5CC[C@H](F)C5)cc4C3=O)c2)COC1. The van der Waals surface area contributed by atoms with Crippen molar-refractivity contribution in [2.24, 2.45) is 7.05 Å². The van der Waals surface area contributed by atoms with E-state index in [0.29, 0.717) is 39.3 Å². The summed E-state index contributed by atoms with van der Waals surface area (Å²) in [7, 11) is 1.95. The highest BCUT2D eigenvalue weighted by atomic mass is 79.9. The molecule has 0 saturated carbocycles. The molecule has 2 aromatic carbocycles. The van der Waals surface area contributed by atoms with Crippen molar-refractivity contribution < 1.29 is 13.9 Å². The van der Waals surface area contributed by atoms with E-state index in [1.165, 1.54) is 0 Å². The molecule has 3 aliphatic heterocycles. The van der Waals surface area contributed by atoms with E-state index in [-0.39, 0.29) is 11.3 Å². The third kappa shape index (κ3) is 4.09. The minimum Gasteiger partial charge on any atom is -0.379 e. The van der Waals surface area contributed by atoms with Crippen LogP contribution in [-0.2, 0) is 36.7 Å². The summed E-state index contributed by atoms with van der Waals surface area (Å²) >= 11 is 3.69. The maximum absolute atomic E-state index is 13.6. The fourth-order valence-electron chi connectivity index (χ4n) is 5.40. The van der Waals surface area contributed by atoms with Gasteiger partial charge in [-0.05, 0) is 47.4 Å². The van der Waals surface area contributed by atoms with Crippen molar-refractivity contribution in [1.29, 1.82) is 0 Å². The summed E-state index contributed by atoms with van der Waals surface area (Å²) in [4.78, 5) is 17.5. The van der Waals surface area contributed by atoms with E-state index in [1.54, 1.807) is 6.33 Å². The Bertz CT molecular complexity index is 1290. The number of carbonyl (C=O) groups excluding carboxylic acids is 1. The molecule has 6 rings (SSSR count). The number of amides is 1. The van der Waals surface area contributed by atoms with E-state index in [0.717, 1.165) is 51.2 Å². The highest BCUT2D eigenvalue weighted by molar-refractivity contribution is 9.10. The van der Waals surface area contributed by atoms with Gasteiger partial charge >= 0.3 is 0 Å². The van der Waals surface area contributed by atoms with Gasteiger partial charge in [-0.15, -0.1) is 10.2 Å².